The molecule has 0 atom stereocenters. The first-order chi connectivity index (χ1) is 12.4. The van der Waals surface area contributed by atoms with Crippen molar-refractivity contribution in [2.75, 3.05) is 13.2 Å². The van der Waals surface area contributed by atoms with E-state index in [2.05, 4.69) is 29.5 Å². The summed E-state index contributed by atoms with van der Waals surface area (Å²) in [4.78, 5) is 22.4. The van der Waals surface area contributed by atoms with Gasteiger partial charge in [-0.25, -0.2) is 4.68 Å². The summed E-state index contributed by atoms with van der Waals surface area (Å²) in [5.74, 6) is 0.295. The van der Waals surface area contributed by atoms with Gasteiger partial charge in [0.05, 0.1) is 19.3 Å². The smallest absolute Gasteiger partial charge is 0.325 e. The fraction of sp³-hybridized carbons (Fsp3) is 0.412. The molecule has 0 bridgehead atoms. The zero-order valence-electron chi connectivity index (χ0n) is 14.7. The molecule has 0 radical (unpaired) electrons. The minimum Gasteiger partial charge on any atom is -0.493 e. The normalized spacial score (nSPS) is 10.6. The molecule has 0 aliphatic carbocycles. The summed E-state index contributed by atoms with van der Waals surface area (Å²) in [6.07, 6.45) is 1.46. The number of carbonyl (C=O) groups is 2. The molecule has 0 spiro atoms. The largest absolute Gasteiger partial charge is 0.493 e. The monoisotopic (exact) mass is 362 g/mol. The van der Waals surface area contributed by atoms with Crippen molar-refractivity contribution in [2.45, 2.75) is 26.9 Å². The lowest BCUT2D eigenvalue weighted by molar-refractivity contribution is -0.138. The zero-order valence-corrected chi connectivity index (χ0v) is 14.7. The highest BCUT2D eigenvalue weighted by molar-refractivity contribution is 5.77. The third-order valence-corrected chi connectivity index (χ3v) is 3.11. The summed E-state index contributed by atoms with van der Waals surface area (Å²) in [5.41, 5.74) is 0.462. The van der Waals surface area contributed by atoms with Gasteiger partial charge in [-0.2, -0.15) is 0 Å². The molecule has 2 aromatic rings. The molecule has 1 heterocycles. The fourth-order valence-electron chi connectivity index (χ4n) is 1.94. The number of nitrogens with zero attached hydrogens (tertiary/aromatic N) is 3. The van der Waals surface area contributed by atoms with Crippen LogP contribution in [0.25, 0.3) is 0 Å². The third kappa shape index (κ3) is 6.80. The molecule has 1 aromatic heterocycles. The van der Waals surface area contributed by atoms with Gasteiger partial charge in [-0.15, -0.1) is 5.10 Å². The van der Waals surface area contributed by atoms with E-state index in [0.29, 0.717) is 29.7 Å². The van der Waals surface area contributed by atoms with Gasteiger partial charge < -0.3 is 19.9 Å². The minimum atomic E-state index is -1.02. The van der Waals surface area contributed by atoms with E-state index in [1.807, 2.05) is 6.07 Å². The number of carboxylic acids is 1. The van der Waals surface area contributed by atoms with Gasteiger partial charge in [0, 0.05) is 6.07 Å². The number of carboxylic acid groups (broad SMARTS) is 1. The number of ether oxygens (including phenoxy) is 2. The quantitative estimate of drug-likeness (QED) is 0.650. The van der Waals surface area contributed by atoms with E-state index in [9.17, 15) is 9.59 Å². The van der Waals surface area contributed by atoms with Gasteiger partial charge >= 0.3 is 5.97 Å². The van der Waals surface area contributed by atoms with Crippen molar-refractivity contribution < 1.29 is 24.2 Å². The van der Waals surface area contributed by atoms with E-state index >= 15 is 0 Å². The van der Waals surface area contributed by atoms with Crippen molar-refractivity contribution in [1.82, 2.24) is 20.3 Å². The van der Waals surface area contributed by atoms with Crippen LogP contribution >= 0.6 is 0 Å². The molecule has 2 N–H and O–H groups in total. The zero-order chi connectivity index (χ0) is 18.9. The Morgan fingerprint density at radius 1 is 1.27 bits per heavy atom. The molecule has 0 aliphatic heterocycles. The Kier molecular flexibility index (Phi) is 6.95. The Morgan fingerprint density at radius 2 is 2.00 bits per heavy atom. The molecule has 9 nitrogen and oxygen atoms in total. The summed E-state index contributed by atoms with van der Waals surface area (Å²) in [6.45, 7) is 4.43. The van der Waals surface area contributed by atoms with Crippen molar-refractivity contribution >= 4 is 11.9 Å². The van der Waals surface area contributed by atoms with Crippen molar-refractivity contribution in [3.05, 3.63) is 36.2 Å². The van der Waals surface area contributed by atoms with Crippen LogP contribution in [0.3, 0.4) is 0 Å². The topological polar surface area (TPSA) is 116 Å². The number of benzene rings is 1. The number of hydrogen-bond acceptors (Lipinski definition) is 6. The SMILES string of the molecule is CC(C)COc1cccc(OCC(=O)NCc2cn(CC(=O)O)nn2)c1. The molecule has 1 amide bonds. The molecule has 140 valence electrons. The molecule has 2 rings (SSSR count). The number of carbonyl (C=O) groups excluding carboxylic acids is 1. The maximum atomic E-state index is 11.9. The van der Waals surface area contributed by atoms with Crippen LogP contribution in [0, 0.1) is 5.92 Å². The number of aliphatic carboxylic acids is 1. The summed E-state index contributed by atoms with van der Waals surface area (Å²) >= 11 is 0. The highest BCUT2D eigenvalue weighted by Crippen LogP contribution is 2.19. The van der Waals surface area contributed by atoms with Gasteiger partial charge in [-0.3, -0.25) is 9.59 Å². The van der Waals surface area contributed by atoms with Gasteiger partial charge in [0.1, 0.15) is 23.7 Å². The predicted molar refractivity (Wildman–Crippen MR) is 91.8 cm³/mol. The van der Waals surface area contributed by atoms with E-state index in [0.717, 1.165) is 0 Å². The summed E-state index contributed by atoms with van der Waals surface area (Å²) < 4.78 is 12.2. The summed E-state index contributed by atoms with van der Waals surface area (Å²) in [6, 6.07) is 7.10. The number of aromatic nitrogens is 3. The van der Waals surface area contributed by atoms with Crippen molar-refractivity contribution in [3.63, 3.8) is 0 Å². The summed E-state index contributed by atoms with van der Waals surface area (Å²) in [5, 5.41) is 18.7. The molecule has 0 aliphatic rings. The lowest BCUT2D eigenvalue weighted by Crippen LogP contribution is -2.28. The second-order valence-electron chi connectivity index (χ2n) is 6.05. The maximum absolute atomic E-state index is 11.9. The second kappa shape index (κ2) is 9.40. The molecule has 9 heteroatoms. The first kappa shape index (κ1) is 19.2. The van der Waals surface area contributed by atoms with Gasteiger partial charge in [-0.05, 0) is 18.1 Å². The van der Waals surface area contributed by atoms with Crippen molar-refractivity contribution in [2.24, 2.45) is 5.92 Å². The summed E-state index contributed by atoms with van der Waals surface area (Å²) in [7, 11) is 0. The first-order valence-corrected chi connectivity index (χ1v) is 8.15. The van der Waals surface area contributed by atoms with Gasteiger partial charge in [0.25, 0.3) is 5.91 Å². The van der Waals surface area contributed by atoms with Gasteiger partial charge in [-0.1, -0.05) is 25.1 Å². The van der Waals surface area contributed by atoms with Crippen LogP contribution in [0.5, 0.6) is 11.5 Å². The van der Waals surface area contributed by atoms with E-state index in [1.54, 1.807) is 18.2 Å². The molecule has 0 saturated carbocycles. The Bertz CT molecular complexity index is 744. The van der Waals surface area contributed by atoms with Crippen LogP contribution in [0.4, 0.5) is 0 Å². The lowest BCUT2D eigenvalue weighted by atomic mass is 10.2. The van der Waals surface area contributed by atoms with Crippen molar-refractivity contribution in [3.8, 4) is 11.5 Å². The number of rotatable bonds is 10. The molecule has 0 fully saturated rings. The van der Waals surface area contributed by atoms with Gasteiger partial charge in [0.15, 0.2) is 6.61 Å². The van der Waals surface area contributed by atoms with Crippen molar-refractivity contribution in [1.29, 1.82) is 0 Å². The Labute approximate surface area is 150 Å². The average Bonchev–Trinajstić information content (AvgIpc) is 3.03. The van der Waals surface area contributed by atoms with Crippen LogP contribution in [-0.4, -0.2) is 45.2 Å². The number of amides is 1. The van der Waals surface area contributed by atoms with Crippen LogP contribution in [-0.2, 0) is 22.7 Å². The molecule has 0 saturated heterocycles. The van der Waals surface area contributed by atoms with Crippen LogP contribution in [0.2, 0.25) is 0 Å². The lowest BCUT2D eigenvalue weighted by Gasteiger charge is -2.11. The number of nitrogens with one attached hydrogen (secondary N) is 1. The van der Waals surface area contributed by atoms with E-state index in [4.69, 9.17) is 14.6 Å². The molecular weight excluding hydrogens is 340 g/mol. The molecule has 1 aromatic carbocycles. The highest BCUT2D eigenvalue weighted by Gasteiger charge is 2.08. The predicted octanol–water partition coefficient (Wildman–Crippen LogP) is 1.09. The Hall–Kier alpha value is -3.10. The van der Waals surface area contributed by atoms with E-state index in [-0.39, 0.29) is 25.6 Å². The second-order valence-corrected chi connectivity index (χ2v) is 6.05. The first-order valence-electron chi connectivity index (χ1n) is 8.15. The number of hydrogen-bond donors (Lipinski definition) is 2. The van der Waals surface area contributed by atoms with E-state index < -0.39 is 5.97 Å². The van der Waals surface area contributed by atoms with Crippen LogP contribution in [0.15, 0.2) is 30.5 Å². The standard InChI is InChI=1S/C17H22N4O5/c1-12(2)10-25-14-4-3-5-15(6-14)26-11-16(22)18-7-13-8-21(20-19-13)9-17(23)24/h3-6,8,12H,7,9-11H2,1-2H3,(H,18,22)(H,23,24). The van der Waals surface area contributed by atoms with Gasteiger partial charge in [0.2, 0.25) is 0 Å². The average molecular weight is 362 g/mol. The fourth-order valence-corrected chi connectivity index (χ4v) is 1.94. The highest BCUT2D eigenvalue weighted by atomic mass is 16.5. The Balaban J connectivity index is 1.75. The third-order valence-electron chi connectivity index (χ3n) is 3.11. The molecular formula is C17H22N4O5. The molecule has 0 unspecified atom stereocenters. The molecule has 26 heavy (non-hydrogen) atoms. The maximum Gasteiger partial charge on any atom is 0.325 e. The minimum absolute atomic E-state index is 0.138. The van der Waals surface area contributed by atoms with Crippen LogP contribution < -0.4 is 14.8 Å². The Morgan fingerprint density at radius 3 is 2.69 bits per heavy atom. The van der Waals surface area contributed by atoms with Crippen LogP contribution in [0.1, 0.15) is 19.5 Å². The van der Waals surface area contributed by atoms with E-state index in [1.165, 1.54) is 10.9 Å².